The minimum atomic E-state index is -0.508. The number of rotatable bonds is 3. The van der Waals surface area contributed by atoms with Gasteiger partial charge in [-0.05, 0) is 39.5 Å². The Balaban J connectivity index is 2.65. The van der Waals surface area contributed by atoms with Gasteiger partial charge in [-0.2, -0.15) is 0 Å². The Kier molecular flexibility index (Phi) is 4.41. The third-order valence-corrected chi connectivity index (χ3v) is 3.35. The van der Waals surface area contributed by atoms with Gasteiger partial charge in [-0.1, -0.05) is 13.8 Å². The molecule has 0 spiro atoms. The first-order chi connectivity index (χ1) is 8.11. The molecular formula is C14H25NO3. The van der Waals surface area contributed by atoms with Crippen molar-refractivity contribution in [3.63, 3.8) is 0 Å². The summed E-state index contributed by atoms with van der Waals surface area (Å²) in [5.41, 5.74) is -0.508. The Morgan fingerprint density at radius 1 is 1.33 bits per heavy atom. The molecule has 18 heavy (non-hydrogen) atoms. The average Bonchev–Trinajstić information content (AvgIpc) is 2.56. The highest BCUT2D eigenvalue weighted by Gasteiger charge is 2.37. The fourth-order valence-electron chi connectivity index (χ4n) is 2.10. The van der Waals surface area contributed by atoms with E-state index in [4.69, 9.17) is 4.74 Å². The Labute approximate surface area is 110 Å². The molecule has 104 valence electrons. The lowest BCUT2D eigenvalue weighted by Gasteiger charge is -2.27. The van der Waals surface area contributed by atoms with Gasteiger partial charge >= 0.3 is 5.97 Å². The van der Waals surface area contributed by atoms with E-state index < -0.39 is 11.6 Å². The van der Waals surface area contributed by atoms with Gasteiger partial charge < -0.3 is 9.64 Å². The summed E-state index contributed by atoms with van der Waals surface area (Å²) in [6, 6.07) is -0.486. The van der Waals surface area contributed by atoms with Crippen molar-refractivity contribution >= 4 is 11.9 Å². The first-order valence-electron chi connectivity index (χ1n) is 6.64. The predicted molar refractivity (Wildman–Crippen MR) is 70.0 cm³/mol. The Morgan fingerprint density at radius 3 is 2.28 bits per heavy atom. The molecule has 0 aromatic heterocycles. The molecule has 0 N–H and O–H groups in total. The van der Waals surface area contributed by atoms with E-state index in [1.54, 1.807) is 11.8 Å². The monoisotopic (exact) mass is 255 g/mol. The maximum atomic E-state index is 12.0. The van der Waals surface area contributed by atoms with E-state index in [1.165, 1.54) is 0 Å². The van der Waals surface area contributed by atoms with Crippen molar-refractivity contribution in [2.75, 3.05) is 6.54 Å². The zero-order valence-electron chi connectivity index (χ0n) is 12.3. The van der Waals surface area contributed by atoms with Gasteiger partial charge in [0.05, 0.1) is 0 Å². The largest absolute Gasteiger partial charge is 0.458 e. The van der Waals surface area contributed by atoms with Crippen LogP contribution in [-0.4, -0.2) is 35.0 Å². The highest BCUT2D eigenvalue weighted by molar-refractivity contribution is 5.86. The lowest BCUT2D eigenvalue weighted by Crippen LogP contribution is -2.43. The van der Waals surface area contributed by atoms with Gasteiger partial charge in [-0.15, -0.1) is 0 Å². The van der Waals surface area contributed by atoms with Crippen LogP contribution in [0.5, 0.6) is 0 Å². The van der Waals surface area contributed by atoms with E-state index in [0.29, 0.717) is 24.8 Å². The van der Waals surface area contributed by atoms with Crippen molar-refractivity contribution in [1.29, 1.82) is 0 Å². The summed E-state index contributed by atoms with van der Waals surface area (Å²) in [5.74, 6) is 0.555. The van der Waals surface area contributed by atoms with Crippen molar-refractivity contribution in [3.8, 4) is 0 Å². The molecule has 0 aromatic carbocycles. The fourth-order valence-corrected chi connectivity index (χ4v) is 2.10. The molecule has 4 nitrogen and oxygen atoms in total. The first kappa shape index (κ1) is 15.0. The molecule has 1 aliphatic heterocycles. The molecule has 1 aliphatic rings. The molecule has 0 saturated carbocycles. The second-order valence-electron chi connectivity index (χ2n) is 6.46. The Hall–Kier alpha value is -1.06. The average molecular weight is 255 g/mol. The van der Waals surface area contributed by atoms with Gasteiger partial charge in [-0.3, -0.25) is 4.79 Å². The molecule has 2 unspecified atom stereocenters. The molecule has 0 aliphatic carbocycles. The van der Waals surface area contributed by atoms with E-state index in [2.05, 4.69) is 13.8 Å². The Morgan fingerprint density at radius 2 is 1.89 bits per heavy atom. The lowest BCUT2D eigenvalue weighted by molar-refractivity contribution is -0.163. The van der Waals surface area contributed by atoms with Crippen molar-refractivity contribution in [2.45, 2.75) is 59.6 Å². The molecule has 1 fully saturated rings. The molecular weight excluding hydrogens is 230 g/mol. The minimum Gasteiger partial charge on any atom is -0.458 e. The van der Waals surface area contributed by atoms with Crippen LogP contribution in [0.4, 0.5) is 0 Å². The van der Waals surface area contributed by atoms with E-state index >= 15 is 0 Å². The van der Waals surface area contributed by atoms with Crippen LogP contribution in [0.1, 0.15) is 48.0 Å². The van der Waals surface area contributed by atoms with E-state index in [9.17, 15) is 9.59 Å². The molecule has 0 aromatic rings. The molecule has 1 amide bonds. The van der Waals surface area contributed by atoms with Crippen LogP contribution in [0.2, 0.25) is 0 Å². The zero-order chi connectivity index (χ0) is 14.1. The van der Waals surface area contributed by atoms with Gasteiger partial charge in [0.1, 0.15) is 11.6 Å². The summed E-state index contributed by atoms with van der Waals surface area (Å²) >= 11 is 0. The molecule has 1 heterocycles. The van der Waals surface area contributed by atoms with Crippen LogP contribution in [0, 0.1) is 11.8 Å². The maximum Gasteiger partial charge on any atom is 0.329 e. The van der Waals surface area contributed by atoms with Gasteiger partial charge in [0.15, 0.2) is 0 Å². The zero-order valence-corrected chi connectivity index (χ0v) is 12.3. The number of likely N-dealkylation sites (tertiary alicyclic amines) is 1. The van der Waals surface area contributed by atoms with Gasteiger partial charge in [0.25, 0.3) is 0 Å². The standard InChI is InChI=1S/C14H25NO3/c1-9(2)11-7-12(16)15(8-11)10(3)13(17)18-14(4,5)6/h9-11H,7-8H2,1-6H3. The molecule has 1 rings (SSSR count). The minimum absolute atomic E-state index is 0.0621. The summed E-state index contributed by atoms with van der Waals surface area (Å²) in [6.07, 6.45) is 0.546. The van der Waals surface area contributed by atoms with Crippen LogP contribution in [0.25, 0.3) is 0 Å². The topological polar surface area (TPSA) is 46.6 Å². The second kappa shape index (κ2) is 5.29. The molecule has 0 bridgehead atoms. The van der Waals surface area contributed by atoms with E-state index in [-0.39, 0.29) is 11.9 Å². The number of hydrogen-bond donors (Lipinski definition) is 0. The van der Waals surface area contributed by atoms with E-state index in [0.717, 1.165) is 0 Å². The number of ether oxygens (including phenoxy) is 1. The first-order valence-corrected chi connectivity index (χ1v) is 6.64. The van der Waals surface area contributed by atoms with Crippen LogP contribution in [0.15, 0.2) is 0 Å². The van der Waals surface area contributed by atoms with Crippen LogP contribution in [0.3, 0.4) is 0 Å². The molecule has 1 saturated heterocycles. The second-order valence-corrected chi connectivity index (χ2v) is 6.46. The van der Waals surface area contributed by atoms with Gasteiger partial charge in [0, 0.05) is 13.0 Å². The molecule has 0 radical (unpaired) electrons. The molecule has 4 heteroatoms. The smallest absolute Gasteiger partial charge is 0.329 e. The van der Waals surface area contributed by atoms with Crippen LogP contribution < -0.4 is 0 Å². The fraction of sp³-hybridized carbons (Fsp3) is 0.857. The maximum absolute atomic E-state index is 12.0. The number of carbonyl (C=O) groups excluding carboxylic acids is 2. The number of hydrogen-bond acceptors (Lipinski definition) is 3. The Bertz CT molecular complexity index is 330. The number of carbonyl (C=O) groups is 2. The van der Waals surface area contributed by atoms with Crippen LogP contribution in [-0.2, 0) is 14.3 Å². The van der Waals surface area contributed by atoms with Crippen molar-refractivity contribution < 1.29 is 14.3 Å². The highest BCUT2D eigenvalue weighted by atomic mass is 16.6. The lowest BCUT2D eigenvalue weighted by atomic mass is 9.95. The number of esters is 1. The third-order valence-electron chi connectivity index (χ3n) is 3.35. The highest BCUT2D eigenvalue weighted by Crippen LogP contribution is 2.27. The quantitative estimate of drug-likeness (QED) is 0.726. The number of amides is 1. The number of nitrogens with zero attached hydrogens (tertiary/aromatic N) is 1. The molecule has 2 atom stereocenters. The SMILES string of the molecule is CC(C)C1CC(=O)N(C(C)C(=O)OC(C)(C)C)C1. The van der Waals surface area contributed by atoms with Crippen molar-refractivity contribution in [2.24, 2.45) is 11.8 Å². The summed E-state index contributed by atoms with van der Waals surface area (Å²) in [4.78, 5) is 25.5. The predicted octanol–water partition coefficient (Wildman–Crippen LogP) is 2.22. The summed E-state index contributed by atoms with van der Waals surface area (Å²) in [6.45, 7) is 12.1. The summed E-state index contributed by atoms with van der Waals surface area (Å²) < 4.78 is 5.32. The van der Waals surface area contributed by atoms with Gasteiger partial charge in [0.2, 0.25) is 5.91 Å². The van der Waals surface area contributed by atoms with E-state index in [1.807, 2.05) is 20.8 Å². The third kappa shape index (κ3) is 3.72. The summed E-state index contributed by atoms with van der Waals surface area (Å²) in [5, 5.41) is 0. The van der Waals surface area contributed by atoms with Crippen molar-refractivity contribution in [1.82, 2.24) is 4.90 Å². The summed E-state index contributed by atoms with van der Waals surface area (Å²) in [7, 11) is 0. The van der Waals surface area contributed by atoms with Crippen LogP contribution >= 0.6 is 0 Å². The normalized spacial score (nSPS) is 22.5. The van der Waals surface area contributed by atoms with Crippen molar-refractivity contribution in [3.05, 3.63) is 0 Å². The van der Waals surface area contributed by atoms with Gasteiger partial charge in [-0.25, -0.2) is 4.79 Å².